The number of halogens is 1. The average molecular weight is 487 g/mol. The number of carbonyl (C=O) groups is 2. The molecule has 2 heterocycles. The lowest BCUT2D eigenvalue weighted by Gasteiger charge is -2.15. The number of primary amides is 1. The Kier molecular flexibility index (Phi) is 6.35. The Labute approximate surface area is 205 Å². The molecule has 0 bridgehead atoms. The van der Waals surface area contributed by atoms with Crippen molar-refractivity contribution in [2.24, 2.45) is 5.73 Å². The molecule has 0 unspecified atom stereocenters. The first kappa shape index (κ1) is 23.1. The number of hydrogen-bond acceptors (Lipinski definition) is 8. The van der Waals surface area contributed by atoms with E-state index in [0.29, 0.717) is 42.3 Å². The standard InChI is InChI=1S/C25H22FN7O3/c26-16-4-6-17(7-5-16)36-18-8-9-19(15(10-18)12-33-14-28-13-29-33)25-31-21(24(27)35)11-23(32-25)30-20-2-1-3-22(20)34/h4-11,13-14,20H,1-3,12H2,(H2,27,35)(H,30,31,32)/t20-/m0/s1. The van der Waals surface area contributed by atoms with Gasteiger partial charge in [-0.05, 0) is 60.9 Å². The van der Waals surface area contributed by atoms with Crippen LogP contribution in [0, 0.1) is 5.82 Å². The van der Waals surface area contributed by atoms with E-state index in [0.717, 1.165) is 12.0 Å². The molecule has 0 saturated heterocycles. The Balaban J connectivity index is 1.54. The smallest absolute Gasteiger partial charge is 0.267 e. The molecule has 1 atom stereocenters. The zero-order valence-corrected chi connectivity index (χ0v) is 19.1. The van der Waals surface area contributed by atoms with Crippen LogP contribution in [0.1, 0.15) is 35.3 Å². The normalized spacial score (nSPS) is 15.1. The van der Waals surface area contributed by atoms with Crippen LogP contribution in [-0.2, 0) is 11.3 Å². The van der Waals surface area contributed by atoms with Gasteiger partial charge in [0.1, 0.15) is 41.5 Å². The van der Waals surface area contributed by atoms with Crippen molar-refractivity contribution in [3.05, 3.63) is 78.3 Å². The summed E-state index contributed by atoms with van der Waals surface area (Å²) in [5.74, 6) is 0.588. The molecular weight excluding hydrogens is 465 g/mol. The average Bonchev–Trinajstić information content (AvgIpc) is 3.52. The lowest BCUT2D eigenvalue weighted by atomic mass is 10.1. The number of hydrogen-bond donors (Lipinski definition) is 2. The molecule has 1 fully saturated rings. The number of nitrogens with two attached hydrogens (primary N) is 1. The van der Waals surface area contributed by atoms with E-state index in [-0.39, 0.29) is 29.2 Å². The number of benzene rings is 2. The van der Waals surface area contributed by atoms with Crippen molar-refractivity contribution >= 4 is 17.5 Å². The van der Waals surface area contributed by atoms with Gasteiger partial charge in [-0.3, -0.25) is 9.59 Å². The van der Waals surface area contributed by atoms with Gasteiger partial charge in [0.05, 0.1) is 12.6 Å². The molecule has 0 radical (unpaired) electrons. The van der Waals surface area contributed by atoms with Gasteiger partial charge >= 0.3 is 0 Å². The first-order valence-electron chi connectivity index (χ1n) is 11.3. The molecule has 3 N–H and O–H groups in total. The Morgan fingerprint density at radius 3 is 2.64 bits per heavy atom. The second kappa shape index (κ2) is 9.90. The van der Waals surface area contributed by atoms with E-state index in [9.17, 15) is 14.0 Å². The molecule has 1 aliphatic rings. The second-order valence-corrected chi connectivity index (χ2v) is 8.35. The second-order valence-electron chi connectivity index (χ2n) is 8.35. The first-order chi connectivity index (χ1) is 17.4. The lowest BCUT2D eigenvalue weighted by molar-refractivity contribution is -0.118. The van der Waals surface area contributed by atoms with Crippen LogP contribution in [0.2, 0.25) is 0 Å². The van der Waals surface area contributed by atoms with Crippen LogP contribution in [0.4, 0.5) is 10.2 Å². The van der Waals surface area contributed by atoms with Crippen LogP contribution in [0.25, 0.3) is 11.4 Å². The third-order valence-electron chi connectivity index (χ3n) is 5.77. The number of nitrogens with one attached hydrogen (secondary N) is 1. The zero-order chi connectivity index (χ0) is 25.1. The molecule has 2 aromatic heterocycles. The topological polar surface area (TPSA) is 138 Å². The molecule has 0 aliphatic heterocycles. The van der Waals surface area contributed by atoms with Crippen LogP contribution in [-0.4, -0.2) is 42.5 Å². The molecule has 2 aromatic carbocycles. The monoisotopic (exact) mass is 487 g/mol. The Morgan fingerprint density at radius 1 is 1.14 bits per heavy atom. The fourth-order valence-corrected chi connectivity index (χ4v) is 4.02. The minimum atomic E-state index is -0.714. The molecular formula is C25H22FN7O3. The van der Waals surface area contributed by atoms with Crippen molar-refractivity contribution < 1.29 is 18.7 Å². The van der Waals surface area contributed by atoms with Crippen LogP contribution in [0.5, 0.6) is 11.5 Å². The van der Waals surface area contributed by atoms with E-state index in [2.05, 4.69) is 25.4 Å². The third kappa shape index (κ3) is 5.19. The number of Topliss-reactive ketones (excluding diaryl/α,β-unsaturated/α-hetero) is 1. The summed E-state index contributed by atoms with van der Waals surface area (Å²) in [5, 5.41) is 7.29. The van der Waals surface area contributed by atoms with Gasteiger partial charge in [0.15, 0.2) is 11.6 Å². The van der Waals surface area contributed by atoms with Crippen molar-refractivity contribution in [2.45, 2.75) is 31.8 Å². The highest BCUT2D eigenvalue weighted by Gasteiger charge is 2.25. The van der Waals surface area contributed by atoms with E-state index < -0.39 is 5.91 Å². The molecule has 4 aromatic rings. The maximum Gasteiger partial charge on any atom is 0.267 e. The van der Waals surface area contributed by atoms with E-state index in [1.54, 1.807) is 29.2 Å². The number of amides is 1. The largest absolute Gasteiger partial charge is 0.457 e. The predicted molar refractivity (Wildman–Crippen MR) is 128 cm³/mol. The summed E-state index contributed by atoms with van der Waals surface area (Å²) in [4.78, 5) is 37.1. The minimum absolute atomic E-state index is 0.0197. The number of rotatable bonds is 8. The number of nitrogens with zero attached hydrogens (tertiary/aromatic N) is 5. The van der Waals surface area contributed by atoms with Gasteiger partial charge in [-0.15, -0.1) is 0 Å². The molecule has 36 heavy (non-hydrogen) atoms. The van der Waals surface area contributed by atoms with Gasteiger partial charge in [0.25, 0.3) is 5.91 Å². The Bertz CT molecular complexity index is 1410. The summed E-state index contributed by atoms with van der Waals surface area (Å²) in [6, 6.07) is 12.0. The Morgan fingerprint density at radius 2 is 1.94 bits per heavy atom. The SMILES string of the molecule is NC(=O)c1cc(N[C@H]2CCCC2=O)nc(-c2ccc(Oc3ccc(F)cc3)cc2Cn2cncn2)n1. The maximum atomic E-state index is 13.3. The molecule has 1 saturated carbocycles. The van der Waals surface area contributed by atoms with Crippen molar-refractivity contribution in [3.63, 3.8) is 0 Å². The van der Waals surface area contributed by atoms with Crippen molar-refractivity contribution in [1.82, 2.24) is 24.7 Å². The van der Waals surface area contributed by atoms with Gasteiger partial charge in [-0.2, -0.15) is 5.10 Å². The van der Waals surface area contributed by atoms with Crippen LogP contribution >= 0.6 is 0 Å². The van der Waals surface area contributed by atoms with E-state index in [1.165, 1.54) is 36.7 Å². The molecule has 1 aliphatic carbocycles. The van der Waals surface area contributed by atoms with Crippen molar-refractivity contribution in [3.8, 4) is 22.9 Å². The molecule has 5 rings (SSSR count). The molecule has 11 heteroatoms. The minimum Gasteiger partial charge on any atom is -0.457 e. The summed E-state index contributed by atoms with van der Waals surface area (Å²) >= 11 is 0. The first-order valence-corrected chi connectivity index (χ1v) is 11.3. The lowest BCUT2D eigenvalue weighted by Crippen LogP contribution is -2.25. The third-order valence-corrected chi connectivity index (χ3v) is 5.77. The summed E-state index contributed by atoms with van der Waals surface area (Å²) in [6.07, 6.45) is 4.99. The summed E-state index contributed by atoms with van der Waals surface area (Å²) in [5.41, 5.74) is 6.90. The van der Waals surface area contributed by atoms with Crippen LogP contribution < -0.4 is 15.8 Å². The number of aromatic nitrogens is 5. The van der Waals surface area contributed by atoms with E-state index >= 15 is 0 Å². The molecule has 0 spiro atoms. The van der Waals surface area contributed by atoms with Crippen LogP contribution in [0.15, 0.2) is 61.2 Å². The van der Waals surface area contributed by atoms with Crippen molar-refractivity contribution in [1.29, 1.82) is 0 Å². The fourth-order valence-electron chi connectivity index (χ4n) is 4.02. The van der Waals surface area contributed by atoms with Gasteiger partial charge in [0, 0.05) is 18.1 Å². The fraction of sp³-hybridized carbons (Fsp3) is 0.200. The molecule has 1 amide bonds. The highest BCUT2D eigenvalue weighted by Crippen LogP contribution is 2.30. The van der Waals surface area contributed by atoms with Crippen LogP contribution in [0.3, 0.4) is 0 Å². The number of ether oxygens (including phenoxy) is 1. The quantitative estimate of drug-likeness (QED) is 0.386. The van der Waals surface area contributed by atoms with Gasteiger partial charge in [-0.1, -0.05) is 0 Å². The van der Waals surface area contributed by atoms with Gasteiger partial charge < -0.3 is 15.8 Å². The number of carbonyl (C=O) groups excluding carboxylic acids is 2. The zero-order valence-electron chi connectivity index (χ0n) is 19.1. The number of anilines is 1. The molecule has 10 nitrogen and oxygen atoms in total. The van der Waals surface area contributed by atoms with Gasteiger partial charge in [0.2, 0.25) is 0 Å². The van der Waals surface area contributed by atoms with Gasteiger partial charge in [-0.25, -0.2) is 24.0 Å². The summed E-state index contributed by atoms with van der Waals surface area (Å²) < 4.78 is 20.8. The van der Waals surface area contributed by atoms with E-state index in [1.807, 2.05) is 0 Å². The Hall–Kier alpha value is -4.67. The predicted octanol–water partition coefficient (Wildman–Crippen LogP) is 3.35. The highest BCUT2D eigenvalue weighted by atomic mass is 19.1. The summed E-state index contributed by atoms with van der Waals surface area (Å²) in [6.45, 7) is 0.310. The number of ketones is 1. The van der Waals surface area contributed by atoms with E-state index in [4.69, 9.17) is 10.5 Å². The molecule has 182 valence electrons. The highest BCUT2D eigenvalue weighted by molar-refractivity contribution is 5.93. The maximum absolute atomic E-state index is 13.3. The van der Waals surface area contributed by atoms with Crippen molar-refractivity contribution in [2.75, 3.05) is 5.32 Å². The summed E-state index contributed by atoms with van der Waals surface area (Å²) in [7, 11) is 0.